The van der Waals surface area contributed by atoms with Gasteiger partial charge in [0.25, 0.3) is 0 Å². The molecule has 0 bridgehead atoms. The fourth-order valence-corrected chi connectivity index (χ4v) is 1.79. The maximum Gasteiger partial charge on any atom is 0.317 e. The molecule has 0 heterocycles. The highest BCUT2D eigenvalue weighted by Crippen LogP contribution is 2.32. The van der Waals surface area contributed by atoms with Gasteiger partial charge < -0.3 is 5.11 Å². The van der Waals surface area contributed by atoms with E-state index in [0.717, 1.165) is 0 Å². The summed E-state index contributed by atoms with van der Waals surface area (Å²) < 4.78 is 0. The summed E-state index contributed by atoms with van der Waals surface area (Å²) in [5.41, 5.74) is 0. The number of aliphatic carboxylic acids is 1. The van der Waals surface area contributed by atoms with Crippen LogP contribution in [-0.4, -0.2) is 23.5 Å². The third-order valence-corrected chi connectivity index (χ3v) is 3.54. The number of carbonyl (C=O) groups is 1. The predicted octanol–water partition coefficient (Wildman–Crippen LogP) is 1.29. The van der Waals surface area contributed by atoms with Crippen LogP contribution in [0.5, 0.6) is 0 Å². The zero-order valence-electron chi connectivity index (χ0n) is 4.33. The van der Waals surface area contributed by atoms with E-state index in [1.807, 2.05) is 6.66 Å². The summed E-state index contributed by atoms with van der Waals surface area (Å²) in [4.78, 5) is 9.85. The van der Waals surface area contributed by atoms with Crippen molar-refractivity contribution in [3.8, 4) is 0 Å². The van der Waals surface area contributed by atoms with Crippen molar-refractivity contribution in [2.75, 3.05) is 12.4 Å². The fraction of sp³-hybridized carbons (Fsp3) is 0.667. The summed E-state index contributed by atoms with van der Waals surface area (Å²) in [5, 5.41) is 8.11. The lowest BCUT2D eigenvalue weighted by Crippen LogP contribution is -1.95. The Morgan fingerprint density at radius 1 is 2.00 bits per heavy atom. The second kappa shape index (κ2) is 4.24. The summed E-state index contributed by atoms with van der Waals surface area (Å²) in [6.07, 6.45) is 0. The standard InChI is InChI=1S/C3H5O2PS2/c1-6(7)8-2-3(4)5/h2H2,1H3/p+1. The Bertz CT molecular complexity index is 99.9. The molecular weight excluding hydrogens is 163 g/mol. The zero-order chi connectivity index (χ0) is 6.57. The monoisotopic (exact) mass is 169 g/mol. The van der Waals surface area contributed by atoms with Gasteiger partial charge in [0, 0.05) is 0 Å². The Balaban J connectivity index is 3.18. The molecule has 8 heavy (non-hydrogen) atoms. The maximum atomic E-state index is 9.85. The highest BCUT2D eigenvalue weighted by Gasteiger charge is 2.06. The summed E-state index contributed by atoms with van der Waals surface area (Å²) in [6.45, 7) is 1.86. The van der Waals surface area contributed by atoms with Gasteiger partial charge in [-0.3, -0.25) is 4.79 Å². The first-order valence-electron chi connectivity index (χ1n) is 1.88. The van der Waals surface area contributed by atoms with Crippen LogP contribution >= 0.6 is 17.3 Å². The van der Waals surface area contributed by atoms with Crippen molar-refractivity contribution < 1.29 is 9.90 Å². The van der Waals surface area contributed by atoms with Crippen molar-refractivity contribution in [3.05, 3.63) is 0 Å². The third kappa shape index (κ3) is 6.34. The number of rotatable bonds is 3. The summed E-state index contributed by atoms with van der Waals surface area (Å²) in [7, 11) is 0. The van der Waals surface area contributed by atoms with Crippen LogP contribution in [-0.2, 0) is 16.6 Å². The lowest BCUT2D eigenvalue weighted by molar-refractivity contribution is -0.133. The first kappa shape index (κ1) is 8.34. The number of hydrogen-bond acceptors (Lipinski definition) is 3. The van der Waals surface area contributed by atoms with Crippen LogP contribution in [0, 0.1) is 0 Å². The number of carboxylic acid groups (broad SMARTS) is 1. The molecule has 0 aromatic rings. The van der Waals surface area contributed by atoms with Gasteiger partial charge in [0.05, 0.1) is 0 Å². The van der Waals surface area contributed by atoms with Crippen molar-refractivity contribution >= 4 is 35.1 Å². The second-order valence-corrected chi connectivity index (χ2v) is 7.29. The molecule has 0 saturated heterocycles. The fourth-order valence-electron chi connectivity index (χ4n) is 0.146. The van der Waals surface area contributed by atoms with Crippen LogP contribution in [0.2, 0.25) is 0 Å². The Morgan fingerprint density at radius 3 is 2.62 bits per heavy atom. The van der Waals surface area contributed by atoms with Crippen LogP contribution in [0.4, 0.5) is 0 Å². The van der Waals surface area contributed by atoms with E-state index in [-0.39, 0.29) is 5.75 Å². The quantitative estimate of drug-likeness (QED) is 0.646. The van der Waals surface area contributed by atoms with E-state index < -0.39 is 11.9 Å². The average molecular weight is 169 g/mol. The summed E-state index contributed by atoms with van der Waals surface area (Å²) >= 11 is 6.08. The maximum absolute atomic E-state index is 9.85. The minimum atomic E-state index is -0.783. The van der Waals surface area contributed by atoms with Crippen LogP contribution in [0.3, 0.4) is 0 Å². The van der Waals surface area contributed by atoms with Crippen molar-refractivity contribution in [3.63, 3.8) is 0 Å². The molecule has 2 nitrogen and oxygen atoms in total. The average Bonchev–Trinajstić information content (AvgIpc) is 1.61. The van der Waals surface area contributed by atoms with Crippen molar-refractivity contribution in [1.82, 2.24) is 0 Å². The Labute approximate surface area is 57.8 Å². The van der Waals surface area contributed by atoms with Gasteiger partial charge in [0.1, 0.15) is 23.8 Å². The molecule has 0 saturated carbocycles. The van der Waals surface area contributed by atoms with Crippen molar-refractivity contribution in [2.24, 2.45) is 0 Å². The van der Waals surface area contributed by atoms with Crippen molar-refractivity contribution in [1.29, 1.82) is 0 Å². The molecular formula is C3H6O2PS2+. The molecule has 0 fully saturated rings. The molecule has 0 aliphatic heterocycles. The van der Waals surface area contributed by atoms with Gasteiger partial charge in [-0.25, -0.2) is 0 Å². The molecule has 0 rings (SSSR count). The minimum Gasteiger partial charge on any atom is -0.481 e. The molecule has 46 valence electrons. The molecule has 0 amide bonds. The predicted molar refractivity (Wildman–Crippen MR) is 40.3 cm³/mol. The van der Waals surface area contributed by atoms with Crippen LogP contribution in [0.15, 0.2) is 0 Å². The van der Waals surface area contributed by atoms with E-state index in [0.29, 0.717) is 0 Å². The molecule has 0 aliphatic rings. The largest absolute Gasteiger partial charge is 0.481 e. The third-order valence-electron chi connectivity index (χ3n) is 0.370. The second-order valence-electron chi connectivity index (χ2n) is 1.11. The smallest absolute Gasteiger partial charge is 0.317 e. The number of hydrogen-bond donors (Lipinski definition) is 1. The van der Waals surface area contributed by atoms with Gasteiger partial charge in [-0.05, 0) is 0 Å². The molecule has 0 aliphatic carbocycles. The number of carboxylic acids is 1. The molecule has 1 atom stereocenters. The van der Waals surface area contributed by atoms with E-state index in [1.165, 1.54) is 11.4 Å². The zero-order valence-corrected chi connectivity index (χ0v) is 6.85. The molecule has 0 aromatic carbocycles. The van der Waals surface area contributed by atoms with Gasteiger partial charge in [-0.2, -0.15) is 0 Å². The van der Waals surface area contributed by atoms with Gasteiger partial charge in [-0.15, -0.1) is 0 Å². The van der Waals surface area contributed by atoms with Gasteiger partial charge in [0.15, 0.2) is 11.8 Å². The van der Waals surface area contributed by atoms with E-state index in [9.17, 15) is 4.79 Å². The van der Waals surface area contributed by atoms with Crippen LogP contribution < -0.4 is 0 Å². The molecule has 1 unspecified atom stereocenters. The molecule has 0 radical (unpaired) electrons. The van der Waals surface area contributed by atoms with E-state index in [4.69, 9.17) is 16.9 Å². The SMILES string of the molecule is C[P+](=S)SCC(=O)O. The Kier molecular flexibility index (Phi) is 4.42. The van der Waals surface area contributed by atoms with Gasteiger partial charge in [0.2, 0.25) is 5.90 Å². The normalized spacial score (nSPS) is 10.9. The summed E-state index contributed by atoms with van der Waals surface area (Å²) in [5.74, 6) is -1.15. The first-order chi connectivity index (χ1) is 3.63. The topological polar surface area (TPSA) is 37.3 Å². The highest BCUT2D eigenvalue weighted by molar-refractivity contribution is 8.64. The van der Waals surface area contributed by atoms with Gasteiger partial charge >= 0.3 is 5.97 Å². The molecule has 0 spiro atoms. The van der Waals surface area contributed by atoms with Crippen LogP contribution in [0.1, 0.15) is 0 Å². The van der Waals surface area contributed by atoms with E-state index in [1.54, 1.807) is 0 Å². The summed E-state index contributed by atoms with van der Waals surface area (Å²) in [6, 6.07) is 0. The Hall–Kier alpha value is 0.340. The lowest BCUT2D eigenvalue weighted by atomic mass is 10.8. The highest BCUT2D eigenvalue weighted by atomic mass is 32.9. The van der Waals surface area contributed by atoms with E-state index >= 15 is 0 Å². The Morgan fingerprint density at radius 2 is 2.50 bits per heavy atom. The van der Waals surface area contributed by atoms with Crippen LogP contribution in [0.25, 0.3) is 0 Å². The first-order valence-corrected chi connectivity index (χ1v) is 6.28. The van der Waals surface area contributed by atoms with Crippen molar-refractivity contribution in [2.45, 2.75) is 0 Å². The molecule has 1 N–H and O–H groups in total. The molecule has 5 heteroatoms. The minimum absolute atomic E-state index is 0.145. The lowest BCUT2D eigenvalue weighted by Gasteiger charge is -1.78. The van der Waals surface area contributed by atoms with Gasteiger partial charge in [-0.1, -0.05) is 0 Å². The molecule has 0 aromatic heterocycles. The van der Waals surface area contributed by atoms with E-state index in [2.05, 4.69) is 0 Å².